The zero-order valence-corrected chi connectivity index (χ0v) is 20.5. The first-order valence-electron chi connectivity index (χ1n) is 12.0. The van der Waals surface area contributed by atoms with Gasteiger partial charge in [-0.1, -0.05) is 11.6 Å². The molecule has 0 aliphatic carbocycles. The fourth-order valence-electron chi connectivity index (χ4n) is 5.49. The number of nitrogens with one attached hydrogen (secondary N) is 1. The Hall–Kier alpha value is -2.48. The minimum atomic E-state index is -0.204. The summed E-state index contributed by atoms with van der Waals surface area (Å²) in [4.78, 5) is 34.6. The van der Waals surface area contributed by atoms with Crippen LogP contribution in [0.3, 0.4) is 0 Å². The summed E-state index contributed by atoms with van der Waals surface area (Å²) in [5.41, 5.74) is 4.19. The lowest BCUT2D eigenvalue weighted by Crippen LogP contribution is -2.56. The van der Waals surface area contributed by atoms with Gasteiger partial charge in [-0.3, -0.25) is 19.5 Å². The third kappa shape index (κ3) is 4.69. The lowest BCUT2D eigenvalue weighted by atomic mass is 10.0. The van der Waals surface area contributed by atoms with Gasteiger partial charge in [0.2, 0.25) is 5.91 Å². The third-order valence-corrected chi connectivity index (χ3v) is 7.61. The number of hydrogen-bond acceptors (Lipinski definition) is 5. The Balaban J connectivity index is 1.28. The number of pyridine rings is 1. The number of carbonyl (C=O) groups excluding carboxylic acids is 2. The molecular formula is C26H31ClN4O3. The number of anilines is 1. The molecule has 1 N–H and O–H groups in total. The second kappa shape index (κ2) is 9.64. The van der Waals surface area contributed by atoms with Crippen LogP contribution in [0.5, 0.6) is 0 Å². The van der Waals surface area contributed by atoms with Crippen LogP contribution >= 0.6 is 11.6 Å². The zero-order valence-electron chi connectivity index (χ0n) is 19.7. The quantitative estimate of drug-likeness (QED) is 0.701. The second-order valence-electron chi connectivity index (χ2n) is 9.76. The van der Waals surface area contributed by atoms with Crippen LogP contribution in [0, 0.1) is 19.8 Å². The molecule has 5 rings (SSSR count). The van der Waals surface area contributed by atoms with Crippen molar-refractivity contribution in [1.29, 1.82) is 0 Å². The molecule has 0 radical (unpaired) electrons. The molecule has 2 aromatic rings. The fraction of sp³-hybridized carbons (Fsp3) is 0.500. The molecule has 2 amide bonds. The number of carbonyl (C=O) groups is 2. The minimum absolute atomic E-state index is 0.0275. The molecule has 3 aliphatic heterocycles. The van der Waals surface area contributed by atoms with Crippen LogP contribution in [0.1, 0.15) is 46.4 Å². The molecule has 3 aliphatic rings. The first kappa shape index (κ1) is 23.3. The molecule has 7 nitrogen and oxygen atoms in total. The van der Waals surface area contributed by atoms with Gasteiger partial charge in [-0.2, -0.15) is 0 Å². The van der Waals surface area contributed by atoms with Crippen molar-refractivity contribution in [2.24, 2.45) is 5.92 Å². The Morgan fingerprint density at radius 3 is 2.56 bits per heavy atom. The van der Waals surface area contributed by atoms with Crippen molar-refractivity contribution < 1.29 is 14.3 Å². The van der Waals surface area contributed by atoms with Gasteiger partial charge < -0.3 is 15.0 Å². The number of ether oxygens (including phenoxy) is 1. The maximum absolute atomic E-state index is 13.1. The van der Waals surface area contributed by atoms with E-state index in [1.54, 1.807) is 18.3 Å². The van der Waals surface area contributed by atoms with E-state index >= 15 is 0 Å². The minimum Gasteiger partial charge on any atom is -0.381 e. The summed E-state index contributed by atoms with van der Waals surface area (Å²) in [6.45, 7) is 7.62. The molecule has 3 saturated heterocycles. The van der Waals surface area contributed by atoms with Gasteiger partial charge in [0, 0.05) is 60.9 Å². The van der Waals surface area contributed by atoms with Crippen LogP contribution in [-0.2, 0) is 16.1 Å². The molecule has 2 bridgehead atoms. The average Bonchev–Trinajstić information content (AvgIpc) is 3.44. The van der Waals surface area contributed by atoms with Crippen LogP contribution < -0.4 is 5.32 Å². The summed E-state index contributed by atoms with van der Waals surface area (Å²) < 4.78 is 5.45. The van der Waals surface area contributed by atoms with E-state index in [0.717, 1.165) is 55.7 Å². The molecule has 1 aromatic heterocycles. The summed E-state index contributed by atoms with van der Waals surface area (Å²) in [7, 11) is 0. The second-order valence-corrected chi connectivity index (χ2v) is 10.2. The molecule has 34 heavy (non-hydrogen) atoms. The predicted octanol–water partition coefficient (Wildman–Crippen LogP) is 3.82. The summed E-state index contributed by atoms with van der Waals surface area (Å²) in [6.07, 6.45) is 4.54. The van der Waals surface area contributed by atoms with Crippen molar-refractivity contribution in [3.63, 3.8) is 0 Å². The van der Waals surface area contributed by atoms with E-state index in [2.05, 4.69) is 20.1 Å². The van der Waals surface area contributed by atoms with Crippen molar-refractivity contribution in [3.8, 4) is 0 Å². The monoisotopic (exact) mass is 482 g/mol. The molecule has 1 aromatic carbocycles. The van der Waals surface area contributed by atoms with E-state index < -0.39 is 0 Å². The van der Waals surface area contributed by atoms with Crippen LogP contribution in [0.25, 0.3) is 0 Å². The maximum Gasteiger partial charge on any atom is 0.257 e. The SMILES string of the molecule is Cc1ccc(C(=O)Nc2cc(Cl)cc(CN3CC4CCC(C3)N4C(=O)C3CCOC3)c2C)cn1. The summed E-state index contributed by atoms with van der Waals surface area (Å²) in [6, 6.07) is 7.90. The first-order chi connectivity index (χ1) is 16.4. The number of benzene rings is 1. The lowest BCUT2D eigenvalue weighted by molar-refractivity contribution is -0.141. The van der Waals surface area contributed by atoms with Crippen molar-refractivity contribution in [2.45, 2.75) is 51.7 Å². The van der Waals surface area contributed by atoms with Gasteiger partial charge in [0.25, 0.3) is 5.91 Å². The van der Waals surface area contributed by atoms with Crippen LogP contribution in [0.2, 0.25) is 5.02 Å². The van der Waals surface area contributed by atoms with E-state index in [1.807, 2.05) is 26.0 Å². The van der Waals surface area contributed by atoms with Gasteiger partial charge in [-0.05, 0) is 68.5 Å². The highest BCUT2D eigenvalue weighted by Gasteiger charge is 2.44. The van der Waals surface area contributed by atoms with Gasteiger partial charge in [0.15, 0.2) is 0 Å². The number of nitrogens with zero attached hydrogens (tertiary/aromatic N) is 3. The number of rotatable bonds is 5. The highest BCUT2D eigenvalue weighted by molar-refractivity contribution is 6.31. The van der Waals surface area contributed by atoms with Crippen molar-refractivity contribution in [1.82, 2.24) is 14.8 Å². The topological polar surface area (TPSA) is 74.8 Å². The molecule has 3 atom stereocenters. The van der Waals surface area contributed by atoms with E-state index in [4.69, 9.17) is 16.3 Å². The van der Waals surface area contributed by atoms with Crippen LogP contribution in [0.4, 0.5) is 5.69 Å². The Morgan fingerprint density at radius 1 is 1.15 bits per heavy atom. The highest BCUT2D eigenvalue weighted by atomic mass is 35.5. The number of aryl methyl sites for hydroxylation is 1. The number of hydrogen-bond donors (Lipinski definition) is 1. The number of halogens is 1. The highest BCUT2D eigenvalue weighted by Crippen LogP contribution is 2.34. The molecular weight excluding hydrogens is 452 g/mol. The molecule has 4 heterocycles. The average molecular weight is 483 g/mol. The molecule has 0 spiro atoms. The Kier molecular flexibility index (Phi) is 6.60. The van der Waals surface area contributed by atoms with E-state index in [9.17, 15) is 9.59 Å². The Morgan fingerprint density at radius 2 is 1.91 bits per heavy atom. The molecule has 0 saturated carbocycles. The van der Waals surface area contributed by atoms with E-state index in [-0.39, 0.29) is 29.8 Å². The van der Waals surface area contributed by atoms with Crippen molar-refractivity contribution in [3.05, 3.63) is 57.9 Å². The van der Waals surface area contributed by atoms with Gasteiger partial charge in [0.1, 0.15) is 0 Å². The van der Waals surface area contributed by atoms with Gasteiger partial charge in [-0.15, -0.1) is 0 Å². The zero-order chi connectivity index (χ0) is 23.8. The third-order valence-electron chi connectivity index (χ3n) is 7.39. The maximum atomic E-state index is 13.1. The Labute approximate surface area is 205 Å². The van der Waals surface area contributed by atoms with Gasteiger partial charge in [0.05, 0.1) is 18.1 Å². The lowest BCUT2D eigenvalue weighted by Gasteiger charge is -2.42. The summed E-state index contributed by atoms with van der Waals surface area (Å²) >= 11 is 6.45. The van der Waals surface area contributed by atoms with E-state index in [1.165, 1.54) is 0 Å². The number of aromatic nitrogens is 1. The molecule has 180 valence electrons. The molecule has 8 heteroatoms. The number of piperazine rings is 1. The van der Waals surface area contributed by atoms with E-state index in [0.29, 0.717) is 29.5 Å². The molecule has 3 fully saturated rings. The first-order valence-corrected chi connectivity index (χ1v) is 12.4. The van der Waals surface area contributed by atoms with Crippen molar-refractivity contribution >= 4 is 29.1 Å². The predicted molar refractivity (Wildman–Crippen MR) is 131 cm³/mol. The number of likely N-dealkylation sites (tertiary alicyclic amines) is 1. The smallest absolute Gasteiger partial charge is 0.257 e. The molecule has 3 unspecified atom stereocenters. The standard InChI is InChI=1S/C26H31ClN4O3/c1-16-3-4-18(11-28-16)25(32)29-24-10-21(27)9-20(17(24)2)12-30-13-22-5-6-23(14-30)31(22)26(33)19-7-8-34-15-19/h3-4,9-11,19,22-23H,5-8,12-15H2,1-2H3,(H,29,32). The van der Waals surface area contributed by atoms with Crippen molar-refractivity contribution in [2.75, 3.05) is 31.6 Å². The number of fused-ring (bicyclic) bond motifs is 2. The van der Waals surface area contributed by atoms with Gasteiger partial charge in [-0.25, -0.2) is 0 Å². The number of amides is 2. The Bertz CT molecular complexity index is 1070. The summed E-state index contributed by atoms with van der Waals surface area (Å²) in [5.74, 6) is 0.101. The largest absolute Gasteiger partial charge is 0.381 e. The fourth-order valence-corrected chi connectivity index (χ4v) is 5.73. The van der Waals surface area contributed by atoms with Gasteiger partial charge >= 0.3 is 0 Å². The normalized spacial score (nSPS) is 24.4. The van der Waals surface area contributed by atoms with Crippen LogP contribution in [0.15, 0.2) is 30.5 Å². The van der Waals surface area contributed by atoms with Crippen LogP contribution in [-0.4, -0.2) is 65.0 Å². The summed E-state index contributed by atoms with van der Waals surface area (Å²) in [5, 5.41) is 3.59.